The number of carbonyl (C=O) groups is 1. The molecule has 2 aliphatic heterocycles. The van der Waals surface area contributed by atoms with Gasteiger partial charge in [-0.1, -0.05) is 35.9 Å². The molecule has 2 aromatic rings. The van der Waals surface area contributed by atoms with Crippen molar-refractivity contribution >= 4 is 17.5 Å². The molecule has 2 fully saturated rings. The first-order chi connectivity index (χ1) is 14.1. The van der Waals surface area contributed by atoms with Gasteiger partial charge in [-0.05, 0) is 56.0 Å². The van der Waals surface area contributed by atoms with Crippen molar-refractivity contribution in [2.24, 2.45) is 0 Å². The number of pyridine rings is 1. The third kappa shape index (κ3) is 4.99. The van der Waals surface area contributed by atoms with Gasteiger partial charge < -0.3 is 4.90 Å². The number of piperidine rings is 2. The van der Waals surface area contributed by atoms with Gasteiger partial charge in [0.2, 0.25) is 5.91 Å². The molecule has 1 aromatic heterocycles. The van der Waals surface area contributed by atoms with E-state index in [1.54, 1.807) is 6.92 Å². The maximum Gasteiger partial charge on any atom is 0.219 e. The van der Waals surface area contributed by atoms with Gasteiger partial charge in [0.25, 0.3) is 0 Å². The molecule has 0 bridgehead atoms. The normalized spacial score (nSPS) is 21.3. The second-order valence-electron chi connectivity index (χ2n) is 8.39. The Hall–Kier alpha value is -1.91. The Bertz CT molecular complexity index is 848. The molecule has 0 unspecified atom stereocenters. The number of rotatable bonds is 4. The number of carbonyl (C=O) groups excluding carboxylic acids is 1. The highest BCUT2D eigenvalue weighted by Gasteiger charge is 2.30. The molecule has 4 nitrogen and oxygen atoms in total. The van der Waals surface area contributed by atoms with Gasteiger partial charge in [-0.15, -0.1) is 0 Å². The highest BCUT2D eigenvalue weighted by molar-refractivity contribution is 6.31. The lowest BCUT2D eigenvalue weighted by molar-refractivity contribution is -0.130. The fraction of sp³-hybridized carbons (Fsp3) is 0.500. The van der Waals surface area contributed by atoms with Crippen molar-refractivity contribution in [1.82, 2.24) is 14.8 Å². The van der Waals surface area contributed by atoms with E-state index in [4.69, 9.17) is 16.6 Å². The summed E-state index contributed by atoms with van der Waals surface area (Å²) < 4.78 is 0. The average Bonchev–Trinajstić information content (AvgIpc) is 2.76. The van der Waals surface area contributed by atoms with Crippen molar-refractivity contribution in [3.8, 4) is 0 Å². The van der Waals surface area contributed by atoms with Gasteiger partial charge in [0.15, 0.2) is 0 Å². The molecule has 2 aliphatic rings. The molecule has 1 aromatic carbocycles. The number of benzene rings is 1. The lowest BCUT2D eigenvalue weighted by Gasteiger charge is -2.42. The standard InChI is InChI=1S/C24H30ClN3O/c1-18(29)27-14-11-22(12-15-27)28-13-5-7-20(17-28)24-10-4-8-21(26-24)16-19-6-2-3-9-23(19)25/h2-4,6,8-10,20,22H,5,7,11-17H2,1H3/t20-/m0/s1. The molecule has 0 aliphatic carbocycles. The molecule has 154 valence electrons. The smallest absolute Gasteiger partial charge is 0.219 e. The highest BCUT2D eigenvalue weighted by Crippen LogP contribution is 2.30. The number of nitrogens with zero attached hydrogens (tertiary/aromatic N) is 3. The Morgan fingerprint density at radius 3 is 2.62 bits per heavy atom. The number of aromatic nitrogens is 1. The van der Waals surface area contributed by atoms with Crippen LogP contribution in [0.4, 0.5) is 0 Å². The van der Waals surface area contributed by atoms with Crippen molar-refractivity contribution < 1.29 is 4.79 Å². The average molecular weight is 412 g/mol. The Morgan fingerprint density at radius 1 is 1.07 bits per heavy atom. The third-order valence-electron chi connectivity index (χ3n) is 6.46. The predicted molar refractivity (Wildman–Crippen MR) is 117 cm³/mol. The quantitative estimate of drug-likeness (QED) is 0.742. The van der Waals surface area contributed by atoms with E-state index in [1.165, 1.54) is 25.1 Å². The molecule has 5 heteroatoms. The predicted octanol–water partition coefficient (Wildman–Crippen LogP) is 4.52. The number of likely N-dealkylation sites (tertiary alicyclic amines) is 2. The maximum atomic E-state index is 11.6. The SMILES string of the molecule is CC(=O)N1CCC(N2CCC[C@H](c3cccc(Cc4ccccc4Cl)n3)C2)CC1. The molecule has 3 heterocycles. The van der Waals surface area contributed by atoms with Crippen molar-refractivity contribution in [3.05, 3.63) is 64.4 Å². The van der Waals surface area contributed by atoms with Crippen LogP contribution in [0.3, 0.4) is 0 Å². The summed E-state index contributed by atoms with van der Waals surface area (Å²) in [4.78, 5) is 21.2. The van der Waals surface area contributed by atoms with Crippen LogP contribution in [0.15, 0.2) is 42.5 Å². The van der Waals surface area contributed by atoms with E-state index in [-0.39, 0.29) is 5.91 Å². The van der Waals surface area contributed by atoms with Crippen LogP contribution in [-0.4, -0.2) is 52.9 Å². The van der Waals surface area contributed by atoms with Crippen LogP contribution in [0.25, 0.3) is 0 Å². The monoisotopic (exact) mass is 411 g/mol. The van der Waals surface area contributed by atoms with Gasteiger partial charge >= 0.3 is 0 Å². The molecule has 0 spiro atoms. The van der Waals surface area contributed by atoms with E-state index in [2.05, 4.69) is 29.2 Å². The van der Waals surface area contributed by atoms with Gasteiger partial charge in [0.1, 0.15) is 0 Å². The summed E-state index contributed by atoms with van der Waals surface area (Å²) in [6.45, 7) is 5.71. The van der Waals surface area contributed by atoms with Crippen LogP contribution in [0.2, 0.25) is 5.02 Å². The second kappa shape index (κ2) is 9.27. The fourth-order valence-electron chi connectivity index (χ4n) is 4.79. The first-order valence-electron chi connectivity index (χ1n) is 10.8. The summed E-state index contributed by atoms with van der Waals surface area (Å²) in [6, 6.07) is 15.0. The number of hydrogen-bond acceptors (Lipinski definition) is 3. The van der Waals surface area contributed by atoms with Crippen LogP contribution in [-0.2, 0) is 11.2 Å². The van der Waals surface area contributed by atoms with Crippen molar-refractivity contribution in [3.63, 3.8) is 0 Å². The van der Waals surface area contributed by atoms with Crippen LogP contribution >= 0.6 is 11.6 Å². The first kappa shape index (κ1) is 20.4. The van der Waals surface area contributed by atoms with E-state index in [0.29, 0.717) is 12.0 Å². The molecule has 0 saturated carbocycles. The van der Waals surface area contributed by atoms with Crippen LogP contribution in [0.5, 0.6) is 0 Å². The van der Waals surface area contributed by atoms with E-state index in [0.717, 1.165) is 55.2 Å². The summed E-state index contributed by atoms with van der Waals surface area (Å²) >= 11 is 6.34. The zero-order chi connectivity index (χ0) is 20.2. The van der Waals surface area contributed by atoms with E-state index < -0.39 is 0 Å². The summed E-state index contributed by atoms with van der Waals surface area (Å²) in [5.41, 5.74) is 3.42. The lowest BCUT2D eigenvalue weighted by atomic mass is 9.91. The molecular formula is C24H30ClN3O. The molecule has 4 rings (SSSR count). The first-order valence-corrected chi connectivity index (χ1v) is 11.2. The number of hydrogen-bond donors (Lipinski definition) is 0. The van der Waals surface area contributed by atoms with Gasteiger partial charge in [0.05, 0.1) is 0 Å². The molecule has 0 N–H and O–H groups in total. The van der Waals surface area contributed by atoms with E-state index >= 15 is 0 Å². The van der Waals surface area contributed by atoms with Gasteiger partial charge in [0, 0.05) is 61.3 Å². The Kier molecular flexibility index (Phi) is 6.51. The van der Waals surface area contributed by atoms with Gasteiger partial charge in [-0.3, -0.25) is 14.7 Å². The largest absolute Gasteiger partial charge is 0.343 e. The van der Waals surface area contributed by atoms with Gasteiger partial charge in [-0.2, -0.15) is 0 Å². The maximum absolute atomic E-state index is 11.6. The molecule has 0 radical (unpaired) electrons. The minimum absolute atomic E-state index is 0.208. The summed E-state index contributed by atoms with van der Waals surface area (Å²) in [6.07, 6.45) is 5.37. The van der Waals surface area contributed by atoms with Crippen LogP contribution in [0.1, 0.15) is 55.5 Å². The number of amides is 1. The fourth-order valence-corrected chi connectivity index (χ4v) is 4.99. The zero-order valence-corrected chi connectivity index (χ0v) is 17.9. The highest BCUT2D eigenvalue weighted by atomic mass is 35.5. The summed E-state index contributed by atoms with van der Waals surface area (Å²) in [5.74, 6) is 0.695. The Morgan fingerprint density at radius 2 is 1.86 bits per heavy atom. The zero-order valence-electron chi connectivity index (χ0n) is 17.2. The lowest BCUT2D eigenvalue weighted by Crippen LogP contribution is -2.49. The molecule has 29 heavy (non-hydrogen) atoms. The van der Waals surface area contributed by atoms with Gasteiger partial charge in [-0.25, -0.2) is 0 Å². The summed E-state index contributed by atoms with van der Waals surface area (Å²) in [5, 5.41) is 0.806. The Labute approximate surface area is 178 Å². The van der Waals surface area contributed by atoms with E-state index in [1.807, 2.05) is 23.1 Å². The topological polar surface area (TPSA) is 36.4 Å². The third-order valence-corrected chi connectivity index (χ3v) is 6.82. The molecule has 2 saturated heterocycles. The van der Waals surface area contributed by atoms with E-state index in [9.17, 15) is 4.79 Å². The van der Waals surface area contributed by atoms with Crippen molar-refractivity contribution in [2.75, 3.05) is 26.2 Å². The summed E-state index contributed by atoms with van der Waals surface area (Å²) in [7, 11) is 0. The minimum Gasteiger partial charge on any atom is -0.343 e. The van der Waals surface area contributed by atoms with Crippen molar-refractivity contribution in [1.29, 1.82) is 0 Å². The van der Waals surface area contributed by atoms with Crippen molar-refractivity contribution in [2.45, 2.75) is 51.0 Å². The Balaban J connectivity index is 1.41. The molecule has 1 atom stereocenters. The minimum atomic E-state index is 0.208. The molecular weight excluding hydrogens is 382 g/mol. The van der Waals surface area contributed by atoms with Crippen LogP contribution < -0.4 is 0 Å². The second-order valence-corrected chi connectivity index (χ2v) is 8.80. The molecule has 1 amide bonds. The van der Waals surface area contributed by atoms with Crippen LogP contribution in [0, 0.1) is 0 Å². The number of halogens is 1.